The molecule has 0 aliphatic carbocycles. The van der Waals surface area contributed by atoms with Gasteiger partial charge in [0, 0.05) is 36.8 Å². The normalized spacial score (nSPS) is 16.2. The molecule has 26 heavy (non-hydrogen) atoms. The minimum Gasteiger partial charge on any atom is -0.496 e. The van der Waals surface area contributed by atoms with Crippen molar-refractivity contribution in [1.82, 2.24) is 10.2 Å². The smallest absolute Gasteiger partial charge is 0.127 e. The Labute approximate surface area is 159 Å². The van der Waals surface area contributed by atoms with Crippen molar-refractivity contribution in [3.05, 3.63) is 52.5 Å². The van der Waals surface area contributed by atoms with Gasteiger partial charge in [0.2, 0.25) is 0 Å². The van der Waals surface area contributed by atoms with E-state index in [-0.39, 0.29) is 6.04 Å². The predicted octanol–water partition coefficient (Wildman–Crippen LogP) is 3.36. The van der Waals surface area contributed by atoms with Gasteiger partial charge < -0.3 is 19.5 Å². The van der Waals surface area contributed by atoms with Gasteiger partial charge in [-0.15, -0.1) is 0 Å². The lowest BCUT2D eigenvalue weighted by Crippen LogP contribution is -2.45. The van der Waals surface area contributed by atoms with Crippen LogP contribution in [0.2, 0.25) is 5.02 Å². The lowest BCUT2D eigenvalue weighted by atomic mass is 9.93. The van der Waals surface area contributed by atoms with Crippen LogP contribution in [0.4, 0.5) is 0 Å². The van der Waals surface area contributed by atoms with E-state index in [1.54, 1.807) is 21.3 Å². The van der Waals surface area contributed by atoms with E-state index in [4.69, 9.17) is 25.8 Å². The molecule has 0 bridgehead atoms. The van der Waals surface area contributed by atoms with Crippen molar-refractivity contribution < 1.29 is 14.2 Å². The summed E-state index contributed by atoms with van der Waals surface area (Å²) in [5.41, 5.74) is 1.99. The minimum atomic E-state index is -0.0863. The Balaban J connectivity index is 2.22. The summed E-state index contributed by atoms with van der Waals surface area (Å²) in [6.07, 6.45) is 0. The molecule has 1 N–H and O–H groups in total. The molecule has 1 atom stereocenters. The Hall–Kier alpha value is -1.95. The van der Waals surface area contributed by atoms with Crippen LogP contribution in [0.1, 0.15) is 17.2 Å². The molecule has 3 rings (SSSR count). The average Bonchev–Trinajstić information content (AvgIpc) is 2.69. The van der Waals surface area contributed by atoms with Crippen LogP contribution in [0, 0.1) is 0 Å². The third-order valence-electron chi connectivity index (χ3n) is 4.74. The fourth-order valence-electron chi connectivity index (χ4n) is 3.54. The highest BCUT2D eigenvalue weighted by Gasteiger charge is 2.31. The van der Waals surface area contributed by atoms with Gasteiger partial charge in [0.05, 0.1) is 32.9 Å². The second-order valence-corrected chi connectivity index (χ2v) is 6.59. The molecule has 1 aliphatic rings. The maximum atomic E-state index is 6.34. The van der Waals surface area contributed by atoms with Crippen LogP contribution < -0.4 is 19.5 Å². The molecule has 1 heterocycles. The zero-order valence-corrected chi connectivity index (χ0v) is 16.2. The molecule has 1 aliphatic heterocycles. The van der Waals surface area contributed by atoms with E-state index in [0.717, 1.165) is 54.6 Å². The number of rotatable bonds is 6. The number of piperazine rings is 1. The number of nitrogens with one attached hydrogen (secondary N) is 1. The highest BCUT2D eigenvalue weighted by atomic mass is 35.5. The van der Waals surface area contributed by atoms with Crippen molar-refractivity contribution in [2.45, 2.75) is 6.04 Å². The molecule has 1 unspecified atom stereocenters. The molecule has 1 fully saturated rings. The molecular weight excluding hydrogens is 352 g/mol. The van der Waals surface area contributed by atoms with Gasteiger partial charge >= 0.3 is 0 Å². The molecule has 0 radical (unpaired) electrons. The molecule has 140 valence electrons. The Morgan fingerprint density at radius 3 is 2.12 bits per heavy atom. The quantitative estimate of drug-likeness (QED) is 0.837. The van der Waals surface area contributed by atoms with Gasteiger partial charge in [-0.3, -0.25) is 4.90 Å². The van der Waals surface area contributed by atoms with E-state index >= 15 is 0 Å². The van der Waals surface area contributed by atoms with Crippen LogP contribution in [0.3, 0.4) is 0 Å². The summed E-state index contributed by atoms with van der Waals surface area (Å²) < 4.78 is 17.0. The first-order valence-electron chi connectivity index (χ1n) is 8.68. The summed E-state index contributed by atoms with van der Waals surface area (Å²) in [6, 6.07) is 11.5. The number of benzene rings is 2. The first-order chi connectivity index (χ1) is 12.7. The standard InChI is InChI=1S/C20H25ClN2O3/c1-24-16-8-7-14(21)13-15(16)20(23-11-9-22-10-12-23)19-17(25-2)5-4-6-18(19)26-3/h4-8,13,20,22H,9-12H2,1-3H3. The Morgan fingerprint density at radius 2 is 1.54 bits per heavy atom. The third-order valence-corrected chi connectivity index (χ3v) is 4.98. The number of methoxy groups -OCH3 is 3. The summed E-state index contributed by atoms with van der Waals surface area (Å²) in [4.78, 5) is 2.41. The number of nitrogens with zero attached hydrogens (tertiary/aromatic N) is 1. The second-order valence-electron chi connectivity index (χ2n) is 6.15. The van der Waals surface area contributed by atoms with Crippen LogP contribution in [0.5, 0.6) is 17.2 Å². The van der Waals surface area contributed by atoms with E-state index in [1.165, 1.54) is 0 Å². The molecule has 2 aromatic carbocycles. The Morgan fingerprint density at radius 1 is 0.923 bits per heavy atom. The van der Waals surface area contributed by atoms with Crippen molar-refractivity contribution in [3.63, 3.8) is 0 Å². The molecule has 2 aromatic rings. The van der Waals surface area contributed by atoms with Gasteiger partial charge in [0.25, 0.3) is 0 Å². The van der Waals surface area contributed by atoms with Gasteiger partial charge in [0.1, 0.15) is 17.2 Å². The number of halogens is 1. The van der Waals surface area contributed by atoms with E-state index in [9.17, 15) is 0 Å². The van der Waals surface area contributed by atoms with Crippen LogP contribution in [0.25, 0.3) is 0 Å². The molecule has 0 saturated carbocycles. The highest BCUT2D eigenvalue weighted by molar-refractivity contribution is 6.30. The Kier molecular flexibility index (Phi) is 6.25. The van der Waals surface area contributed by atoms with Gasteiger partial charge in [-0.05, 0) is 30.3 Å². The predicted molar refractivity (Wildman–Crippen MR) is 104 cm³/mol. The molecule has 0 aromatic heterocycles. The maximum Gasteiger partial charge on any atom is 0.127 e. The molecule has 6 heteroatoms. The summed E-state index contributed by atoms with van der Waals surface area (Å²) in [5.74, 6) is 2.37. The summed E-state index contributed by atoms with van der Waals surface area (Å²) in [7, 11) is 5.05. The lowest BCUT2D eigenvalue weighted by molar-refractivity contribution is 0.189. The van der Waals surface area contributed by atoms with Crippen molar-refractivity contribution in [2.75, 3.05) is 47.5 Å². The van der Waals surface area contributed by atoms with E-state index in [0.29, 0.717) is 5.02 Å². The van der Waals surface area contributed by atoms with Gasteiger partial charge in [-0.25, -0.2) is 0 Å². The largest absolute Gasteiger partial charge is 0.496 e. The number of ether oxygens (including phenoxy) is 3. The van der Waals surface area contributed by atoms with Gasteiger partial charge in [-0.1, -0.05) is 17.7 Å². The minimum absolute atomic E-state index is 0.0863. The number of hydrogen-bond donors (Lipinski definition) is 1. The summed E-state index contributed by atoms with van der Waals surface area (Å²) in [5, 5.41) is 4.08. The Bertz CT molecular complexity index is 726. The molecule has 0 spiro atoms. The van der Waals surface area contributed by atoms with Crippen molar-refractivity contribution >= 4 is 11.6 Å². The van der Waals surface area contributed by atoms with Crippen LogP contribution in [-0.2, 0) is 0 Å². The lowest BCUT2D eigenvalue weighted by Gasteiger charge is -2.37. The molecule has 1 saturated heterocycles. The topological polar surface area (TPSA) is 43.0 Å². The van der Waals surface area contributed by atoms with Crippen molar-refractivity contribution in [3.8, 4) is 17.2 Å². The average molecular weight is 377 g/mol. The maximum absolute atomic E-state index is 6.34. The highest BCUT2D eigenvalue weighted by Crippen LogP contribution is 2.44. The molecular formula is C20H25ClN2O3. The fourth-order valence-corrected chi connectivity index (χ4v) is 3.72. The third kappa shape index (κ3) is 3.75. The summed E-state index contributed by atoms with van der Waals surface area (Å²) >= 11 is 6.34. The monoisotopic (exact) mass is 376 g/mol. The van der Waals surface area contributed by atoms with E-state index in [2.05, 4.69) is 10.2 Å². The summed E-state index contributed by atoms with van der Waals surface area (Å²) in [6.45, 7) is 3.66. The van der Waals surface area contributed by atoms with E-state index < -0.39 is 0 Å². The van der Waals surface area contributed by atoms with Gasteiger partial charge in [0.15, 0.2) is 0 Å². The zero-order valence-electron chi connectivity index (χ0n) is 15.4. The van der Waals surface area contributed by atoms with Crippen LogP contribution in [0.15, 0.2) is 36.4 Å². The van der Waals surface area contributed by atoms with Crippen LogP contribution in [-0.4, -0.2) is 52.4 Å². The fraction of sp³-hybridized carbons (Fsp3) is 0.400. The van der Waals surface area contributed by atoms with Crippen molar-refractivity contribution in [2.24, 2.45) is 0 Å². The zero-order chi connectivity index (χ0) is 18.5. The van der Waals surface area contributed by atoms with E-state index in [1.807, 2.05) is 36.4 Å². The van der Waals surface area contributed by atoms with Crippen molar-refractivity contribution in [1.29, 1.82) is 0 Å². The first kappa shape index (κ1) is 18.8. The van der Waals surface area contributed by atoms with Crippen LogP contribution >= 0.6 is 11.6 Å². The second kappa shape index (κ2) is 8.62. The SMILES string of the molecule is COc1ccc(Cl)cc1C(c1c(OC)cccc1OC)N1CCNCC1. The molecule has 0 amide bonds. The number of hydrogen-bond acceptors (Lipinski definition) is 5. The van der Waals surface area contributed by atoms with Gasteiger partial charge in [-0.2, -0.15) is 0 Å². The molecule has 5 nitrogen and oxygen atoms in total. The first-order valence-corrected chi connectivity index (χ1v) is 9.06.